The van der Waals surface area contributed by atoms with Gasteiger partial charge in [-0.2, -0.15) is 0 Å². The molecule has 0 aliphatic rings. The van der Waals surface area contributed by atoms with E-state index in [1.165, 1.54) is 7.11 Å². The highest BCUT2D eigenvalue weighted by atomic mass is 79.9. The molecule has 1 unspecified atom stereocenters. The van der Waals surface area contributed by atoms with Crippen molar-refractivity contribution in [1.29, 1.82) is 0 Å². The van der Waals surface area contributed by atoms with Gasteiger partial charge in [-0.05, 0) is 23.8 Å². The highest BCUT2D eigenvalue weighted by Gasteiger charge is 2.24. The summed E-state index contributed by atoms with van der Waals surface area (Å²) < 4.78 is 30.1. The van der Waals surface area contributed by atoms with Crippen LogP contribution in [0.5, 0.6) is 5.75 Å². The maximum atomic E-state index is 12.2. The van der Waals surface area contributed by atoms with Crippen molar-refractivity contribution in [2.24, 2.45) is 0 Å². The van der Waals surface area contributed by atoms with E-state index in [4.69, 9.17) is 9.84 Å². The second-order valence-corrected chi connectivity index (χ2v) is 5.07. The Morgan fingerprint density at radius 2 is 2.10 bits per heavy atom. The van der Waals surface area contributed by atoms with E-state index in [2.05, 4.69) is 21.2 Å². The zero-order valence-corrected chi connectivity index (χ0v) is 12.7. The van der Waals surface area contributed by atoms with Crippen molar-refractivity contribution < 1.29 is 28.2 Å². The number of carboxylic acid groups (broad SMARTS) is 1. The molecular weight excluding hydrogens is 352 g/mol. The van der Waals surface area contributed by atoms with Crippen LogP contribution in [0.2, 0.25) is 0 Å². The number of halogens is 3. The van der Waals surface area contributed by atoms with Crippen molar-refractivity contribution in [2.45, 2.75) is 25.3 Å². The molecule has 0 aliphatic heterocycles. The van der Waals surface area contributed by atoms with Crippen molar-refractivity contribution in [3.63, 3.8) is 0 Å². The van der Waals surface area contributed by atoms with Crippen LogP contribution in [-0.2, 0) is 16.0 Å². The number of alkyl halides is 2. The third-order valence-electron chi connectivity index (χ3n) is 2.65. The first-order valence-corrected chi connectivity index (χ1v) is 6.75. The Balaban J connectivity index is 2.74. The number of nitrogens with one attached hydrogen (secondary N) is 1. The van der Waals surface area contributed by atoms with Crippen molar-refractivity contribution in [2.75, 3.05) is 7.11 Å². The monoisotopic (exact) mass is 365 g/mol. The molecule has 1 amide bonds. The summed E-state index contributed by atoms with van der Waals surface area (Å²) in [6.45, 7) is 0. The standard InChI is InChI=1S/C13H14BrF2NO4/c1-21-8-2-3-9(14)7(4-8)5-12(18)17-10(13(19)20)6-11(15)16/h2-4,10-11H,5-6H2,1H3,(H,17,18)(H,19,20). The van der Waals surface area contributed by atoms with Crippen LogP contribution in [-0.4, -0.2) is 36.6 Å². The molecule has 0 bridgehead atoms. The number of benzene rings is 1. The van der Waals surface area contributed by atoms with Crippen LogP contribution in [0, 0.1) is 0 Å². The van der Waals surface area contributed by atoms with Gasteiger partial charge in [-0.1, -0.05) is 15.9 Å². The quantitative estimate of drug-likeness (QED) is 0.776. The average Bonchev–Trinajstić information content (AvgIpc) is 2.39. The smallest absolute Gasteiger partial charge is 0.326 e. The summed E-state index contributed by atoms with van der Waals surface area (Å²) in [6, 6.07) is 3.35. The summed E-state index contributed by atoms with van der Waals surface area (Å²) in [6.07, 6.45) is -3.89. The molecule has 0 aliphatic carbocycles. The summed E-state index contributed by atoms with van der Waals surface area (Å²) in [7, 11) is 1.47. The van der Waals surface area contributed by atoms with Gasteiger partial charge in [-0.3, -0.25) is 4.79 Å². The van der Waals surface area contributed by atoms with Gasteiger partial charge in [0, 0.05) is 10.9 Å². The predicted molar refractivity (Wildman–Crippen MR) is 74.6 cm³/mol. The largest absolute Gasteiger partial charge is 0.497 e. The highest BCUT2D eigenvalue weighted by molar-refractivity contribution is 9.10. The van der Waals surface area contributed by atoms with Crippen LogP contribution < -0.4 is 10.1 Å². The maximum Gasteiger partial charge on any atom is 0.326 e. The van der Waals surface area contributed by atoms with E-state index in [9.17, 15) is 18.4 Å². The van der Waals surface area contributed by atoms with E-state index in [1.54, 1.807) is 18.2 Å². The van der Waals surface area contributed by atoms with Crippen molar-refractivity contribution in [3.05, 3.63) is 28.2 Å². The Bertz CT molecular complexity index is 525. The molecule has 1 atom stereocenters. The number of rotatable bonds is 7. The Morgan fingerprint density at radius 1 is 1.43 bits per heavy atom. The summed E-state index contributed by atoms with van der Waals surface area (Å²) >= 11 is 3.25. The zero-order valence-electron chi connectivity index (χ0n) is 11.1. The predicted octanol–water partition coefficient (Wildman–Crippen LogP) is 2.22. The topological polar surface area (TPSA) is 75.6 Å². The first kappa shape index (κ1) is 17.4. The molecule has 0 saturated carbocycles. The normalized spacial score (nSPS) is 12.0. The van der Waals surface area contributed by atoms with E-state index < -0.39 is 30.8 Å². The molecule has 1 aromatic rings. The molecule has 0 spiro atoms. The fourth-order valence-electron chi connectivity index (χ4n) is 1.63. The SMILES string of the molecule is COc1ccc(Br)c(CC(=O)NC(CC(F)F)C(=O)O)c1. The van der Waals surface area contributed by atoms with E-state index in [0.717, 1.165) is 0 Å². The van der Waals surface area contributed by atoms with Gasteiger partial charge in [-0.15, -0.1) is 0 Å². The Hall–Kier alpha value is -1.70. The van der Waals surface area contributed by atoms with E-state index in [-0.39, 0.29) is 6.42 Å². The molecule has 0 radical (unpaired) electrons. The van der Waals surface area contributed by atoms with Gasteiger partial charge in [0.15, 0.2) is 0 Å². The Morgan fingerprint density at radius 3 is 2.62 bits per heavy atom. The molecule has 0 saturated heterocycles. The first-order valence-electron chi connectivity index (χ1n) is 5.96. The number of carbonyl (C=O) groups is 2. The number of hydrogen-bond acceptors (Lipinski definition) is 3. The van der Waals surface area contributed by atoms with Gasteiger partial charge >= 0.3 is 5.97 Å². The molecule has 8 heteroatoms. The molecular formula is C13H14BrF2NO4. The lowest BCUT2D eigenvalue weighted by molar-refractivity contribution is -0.142. The minimum atomic E-state index is -2.81. The second-order valence-electron chi connectivity index (χ2n) is 4.22. The molecule has 1 rings (SSSR count). The Kier molecular flexibility index (Phi) is 6.54. The number of ether oxygens (including phenoxy) is 1. The van der Waals surface area contributed by atoms with Gasteiger partial charge in [0.2, 0.25) is 12.3 Å². The van der Waals surface area contributed by atoms with Gasteiger partial charge < -0.3 is 15.2 Å². The molecule has 5 nitrogen and oxygen atoms in total. The van der Waals surface area contributed by atoms with Gasteiger partial charge in [0.1, 0.15) is 11.8 Å². The summed E-state index contributed by atoms with van der Waals surface area (Å²) in [5, 5.41) is 10.9. The van der Waals surface area contributed by atoms with E-state index in [0.29, 0.717) is 15.8 Å². The number of hydrogen-bond donors (Lipinski definition) is 2. The number of amides is 1. The van der Waals surface area contributed by atoms with Crippen molar-refractivity contribution >= 4 is 27.8 Å². The van der Waals surface area contributed by atoms with Crippen molar-refractivity contribution in [3.8, 4) is 5.75 Å². The van der Waals surface area contributed by atoms with Gasteiger partial charge in [0.05, 0.1) is 13.5 Å². The van der Waals surface area contributed by atoms with Gasteiger partial charge in [-0.25, -0.2) is 13.6 Å². The first-order chi connectivity index (χ1) is 9.83. The molecule has 0 heterocycles. The fraction of sp³-hybridized carbons (Fsp3) is 0.385. The average molecular weight is 366 g/mol. The Labute approximate surface area is 128 Å². The highest BCUT2D eigenvalue weighted by Crippen LogP contribution is 2.23. The van der Waals surface area contributed by atoms with Crippen LogP contribution in [0.25, 0.3) is 0 Å². The minimum Gasteiger partial charge on any atom is -0.497 e. The molecule has 21 heavy (non-hydrogen) atoms. The van der Waals surface area contributed by atoms with Crippen LogP contribution in [0.4, 0.5) is 8.78 Å². The maximum absolute atomic E-state index is 12.2. The summed E-state index contributed by atoms with van der Waals surface area (Å²) in [4.78, 5) is 22.6. The minimum absolute atomic E-state index is 0.148. The molecule has 116 valence electrons. The fourth-order valence-corrected chi connectivity index (χ4v) is 2.02. The van der Waals surface area contributed by atoms with E-state index >= 15 is 0 Å². The zero-order chi connectivity index (χ0) is 16.0. The summed E-state index contributed by atoms with van der Waals surface area (Å²) in [5.41, 5.74) is 0.563. The number of aliphatic carboxylic acids is 1. The van der Waals surface area contributed by atoms with Crippen LogP contribution in [0.3, 0.4) is 0 Å². The number of carbonyl (C=O) groups excluding carboxylic acids is 1. The number of methoxy groups -OCH3 is 1. The molecule has 0 aromatic heterocycles. The second kappa shape index (κ2) is 7.92. The van der Waals surface area contributed by atoms with Crippen LogP contribution in [0.15, 0.2) is 22.7 Å². The molecule has 0 fully saturated rings. The molecule has 2 N–H and O–H groups in total. The lowest BCUT2D eigenvalue weighted by Crippen LogP contribution is -2.42. The van der Waals surface area contributed by atoms with Crippen LogP contribution in [0.1, 0.15) is 12.0 Å². The van der Waals surface area contributed by atoms with Crippen molar-refractivity contribution in [1.82, 2.24) is 5.32 Å². The molecule has 1 aromatic carbocycles. The third kappa shape index (κ3) is 5.66. The third-order valence-corrected chi connectivity index (χ3v) is 3.42. The lowest BCUT2D eigenvalue weighted by atomic mass is 10.1. The van der Waals surface area contributed by atoms with E-state index in [1.807, 2.05) is 0 Å². The van der Waals surface area contributed by atoms with Gasteiger partial charge in [0.25, 0.3) is 0 Å². The van der Waals surface area contributed by atoms with Crippen LogP contribution >= 0.6 is 15.9 Å². The number of carboxylic acids is 1. The lowest BCUT2D eigenvalue weighted by Gasteiger charge is -2.14. The summed E-state index contributed by atoms with van der Waals surface area (Å²) in [5.74, 6) is -1.62.